The van der Waals surface area contributed by atoms with E-state index in [2.05, 4.69) is 26.6 Å². The molecule has 1 saturated heterocycles. The highest BCUT2D eigenvalue weighted by Crippen LogP contribution is 2.22. The van der Waals surface area contributed by atoms with Crippen LogP contribution in [0.2, 0.25) is 0 Å². The first-order valence-electron chi connectivity index (χ1n) is 18.5. The lowest BCUT2D eigenvalue weighted by Gasteiger charge is -2.30. The molecule has 0 radical (unpaired) electrons. The quantitative estimate of drug-likeness (QED) is 0.0345. The standard InChI is InChI=1S/C36H61N11O6/c1-22(2)30(31(39)49)46-34(52)28-15-10-18-47(28)35(53)26(14-7-8-16-37)44-29(48)21-43-33(51)27(19-25(20-38)24-12-5-4-6-13-24)45-32(50)23(3)11-9-17-42-36(40)41/h4-6,12-13,20,22-23,25-28,30,36,38,42H,7-11,14-19,21,37,40-41H2,1-3H3,(H2,39,49)(H,43,51)(H,44,48)(H,45,50)(H,46,52)/t23-,25?,26-,27-,28?,30-/m0/s1. The third kappa shape index (κ3) is 15.2. The number of rotatable bonds is 24. The first-order valence-corrected chi connectivity index (χ1v) is 18.5. The van der Waals surface area contributed by atoms with E-state index in [9.17, 15) is 28.8 Å². The van der Waals surface area contributed by atoms with Crippen LogP contribution in [0.4, 0.5) is 0 Å². The molecule has 6 amide bonds. The van der Waals surface area contributed by atoms with Gasteiger partial charge in [0.05, 0.1) is 6.54 Å². The third-order valence-corrected chi connectivity index (χ3v) is 9.31. The zero-order valence-corrected chi connectivity index (χ0v) is 31.3. The third-order valence-electron chi connectivity index (χ3n) is 9.31. The maximum Gasteiger partial charge on any atom is 0.245 e. The van der Waals surface area contributed by atoms with Gasteiger partial charge in [-0.05, 0) is 75.9 Å². The Balaban J connectivity index is 2.16. The van der Waals surface area contributed by atoms with E-state index in [1.54, 1.807) is 20.8 Å². The number of hydrogen-bond donors (Lipinski definition) is 10. The number of primary amides is 1. The van der Waals surface area contributed by atoms with Crippen LogP contribution in [0.15, 0.2) is 30.3 Å². The Morgan fingerprint density at radius 1 is 0.925 bits per heavy atom. The van der Waals surface area contributed by atoms with Gasteiger partial charge >= 0.3 is 0 Å². The molecule has 6 atom stereocenters. The highest BCUT2D eigenvalue weighted by molar-refractivity contribution is 5.96. The molecule has 0 spiro atoms. The molecule has 0 aromatic heterocycles. The van der Waals surface area contributed by atoms with Gasteiger partial charge in [0.15, 0.2) is 0 Å². The zero-order chi connectivity index (χ0) is 39.5. The maximum atomic E-state index is 13.8. The predicted molar refractivity (Wildman–Crippen MR) is 202 cm³/mol. The number of carbonyl (C=O) groups is 6. The molecule has 53 heavy (non-hydrogen) atoms. The van der Waals surface area contributed by atoms with Gasteiger partial charge in [0.1, 0.15) is 30.5 Å². The van der Waals surface area contributed by atoms with E-state index in [4.69, 9.17) is 28.3 Å². The monoisotopic (exact) mass is 743 g/mol. The molecule has 1 aliphatic rings. The summed E-state index contributed by atoms with van der Waals surface area (Å²) >= 11 is 0. The van der Waals surface area contributed by atoms with Crippen molar-refractivity contribution in [3.8, 4) is 0 Å². The molecule has 1 aromatic carbocycles. The molecule has 17 heteroatoms. The number of unbranched alkanes of at least 4 members (excludes halogenated alkanes) is 1. The Morgan fingerprint density at radius 3 is 2.23 bits per heavy atom. The van der Waals surface area contributed by atoms with Crippen molar-refractivity contribution in [2.24, 2.45) is 34.8 Å². The first kappa shape index (κ1) is 44.7. The number of nitrogens with two attached hydrogens (primary N) is 4. The van der Waals surface area contributed by atoms with Crippen LogP contribution in [-0.4, -0.2) is 103 Å². The summed E-state index contributed by atoms with van der Waals surface area (Å²) in [5, 5.41) is 21.7. The second-order valence-electron chi connectivity index (χ2n) is 13.9. The number of nitrogens with one attached hydrogen (secondary N) is 6. The summed E-state index contributed by atoms with van der Waals surface area (Å²) < 4.78 is 0. The number of likely N-dealkylation sites (tertiary alicyclic amines) is 1. The van der Waals surface area contributed by atoms with Crippen LogP contribution in [0, 0.1) is 17.2 Å². The lowest BCUT2D eigenvalue weighted by atomic mass is 9.92. The van der Waals surface area contributed by atoms with Crippen LogP contribution in [-0.2, 0) is 28.8 Å². The van der Waals surface area contributed by atoms with Crippen LogP contribution < -0.4 is 49.5 Å². The molecule has 0 aliphatic carbocycles. The van der Waals surface area contributed by atoms with Gasteiger partial charge in [-0.3, -0.25) is 34.1 Å². The summed E-state index contributed by atoms with van der Waals surface area (Å²) in [6.45, 7) is 5.92. The lowest BCUT2D eigenvalue weighted by molar-refractivity contribution is -0.142. The highest BCUT2D eigenvalue weighted by Gasteiger charge is 2.39. The Labute approximate surface area is 312 Å². The largest absolute Gasteiger partial charge is 0.368 e. The van der Waals surface area contributed by atoms with Gasteiger partial charge in [-0.1, -0.05) is 51.1 Å². The predicted octanol–water partition coefficient (Wildman–Crippen LogP) is -1.15. The summed E-state index contributed by atoms with van der Waals surface area (Å²) in [5.74, 6) is -4.48. The number of benzene rings is 1. The van der Waals surface area contributed by atoms with Gasteiger partial charge in [0.2, 0.25) is 35.4 Å². The molecular formula is C36H61N11O6. The van der Waals surface area contributed by atoms with Gasteiger partial charge < -0.3 is 54.5 Å². The number of carbonyl (C=O) groups excluding carboxylic acids is 6. The Kier molecular flexibility index (Phi) is 19.6. The van der Waals surface area contributed by atoms with Gasteiger partial charge in [-0.15, -0.1) is 0 Å². The second-order valence-corrected chi connectivity index (χ2v) is 13.9. The van der Waals surface area contributed by atoms with Gasteiger partial charge in [0.25, 0.3) is 0 Å². The van der Waals surface area contributed by atoms with Crippen LogP contribution in [0.5, 0.6) is 0 Å². The Bertz CT molecular complexity index is 1360. The second kappa shape index (κ2) is 23.3. The van der Waals surface area contributed by atoms with E-state index in [1.165, 1.54) is 11.1 Å². The van der Waals surface area contributed by atoms with Gasteiger partial charge in [-0.25, -0.2) is 0 Å². The smallest absolute Gasteiger partial charge is 0.245 e. The molecule has 1 heterocycles. The molecule has 14 N–H and O–H groups in total. The molecule has 2 unspecified atom stereocenters. The minimum Gasteiger partial charge on any atom is -0.368 e. The topological polar surface area (TPSA) is 294 Å². The van der Waals surface area contributed by atoms with Crippen molar-refractivity contribution in [1.29, 1.82) is 5.41 Å². The number of hydrogen-bond acceptors (Lipinski definition) is 11. The molecule has 1 aliphatic heterocycles. The molecule has 0 bridgehead atoms. The molecule has 17 nitrogen and oxygen atoms in total. The van der Waals surface area contributed by atoms with Crippen molar-refractivity contribution in [1.82, 2.24) is 31.5 Å². The summed E-state index contributed by atoms with van der Waals surface area (Å²) in [6.07, 6.45) is 4.01. The molecule has 1 aromatic rings. The molecule has 2 rings (SSSR count). The SMILES string of the molecule is CC(C)[C@H](NC(=O)C1CCCN1C(=O)[C@H](CCCCN)NC(=O)CNC(=O)[C@H](CC(C=N)c1ccccc1)NC(=O)[C@@H](C)CCCNC(N)N)C(N)=O. The van der Waals surface area contributed by atoms with E-state index in [1.807, 2.05) is 30.3 Å². The molecular weight excluding hydrogens is 682 g/mol. The normalized spacial score (nSPS) is 17.0. The Hall–Kier alpha value is -4.45. The van der Waals surface area contributed by atoms with E-state index in [-0.39, 0.29) is 31.2 Å². The van der Waals surface area contributed by atoms with Crippen LogP contribution >= 0.6 is 0 Å². The summed E-state index contributed by atoms with van der Waals surface area (Å²) in [7, 11) is 0. The van der Waals surface area contributed by atoms with Crippen molar-refractivity contribution in [3.63, 3.8) is 0 Å². The van der Waals surface area contributed by atoms with Crippen molar-refractivity contribution in [2.45, 2.75) is 109 Å². The van der Waals surface area contributed by atoms with E-state index < -0.39 is 78.4 Å². The number of nitrogens with zero attached hydrogens (tertiary/aromatic N) is 1. The van der Waals surface area contributed by atoms with Crippen molar-refractivity contribution in [2.75, 3.05) is 26.2 Å². The molecule has 0 saturated carbocycles. The minimum atomic E-state index is -1.08. The average Bonchev–Trinajstić information content (AvgIpc) is 3.62. The molecule has 296 valence electrons. The van der Waals surface area contributed by atoms with Gasteiger partial charge in [0, 0.05) is 24.6 Å². The Morgan fingerprint density at radius 2 is 1.62 bits per heavy atom. The fraction of sp³-hybridized carbons (Fsp3) is 0.639. The highest BCUT2D eigenvalue weighted by atomic mass is 16.2. The van der Waals surface area contributed by atoms with Crippen LogP contribution in [0.25, 0.3) is 0 Å². The molecule has 1 fully saturated rings. The average molecular weight is 744 g/mol. The number of amides is 6. The summed E-state index contributed by atoms with van der Waals surface area (Å²) in [4.78, 5) is 80.4. The van der Waals surface area contributed by atoms with E-state index in [0.29, 0.717) is 51.6 Å². The zero-order valence-electron chi connectivity index (χ0n) is 31.3. The maximum absolute atomic E-state index is 13.8. The lowest BCUT2D eigenvalue weighted by Crippen LogP contribution is -2.57. The minimum absolute atomic E-state index is 0.0645. The fourth-order valence-corrected chi connectivity index (χ4v) is 6.21. The van der Waals surface area contributed by atoms with Gasteiger partial charge in [-0.2, -0.15) is 0 Å². The van der Waals surface area contributed by atoms with Crippen molar-refractivity contribution >= 4 is 41.7 Å². The van der Waals surface area contributed by atoms with Crippen molar-refractivity contribution < 1.29 is 28.8 Å². The van der Waals surface area contributed by atoms with E-state index >= 15 is 0 Å². The van der Waals surface area contributed by atoms with Crippen LogP contribution in [0.1, 0.15) is 83.6 Å². The van der Waals surface area contributed by atoms with Crippen molar-refractivity contribution in [3.05, 3.63) is 35.9 Å². The van der Waals surface area contributed by atoms with E-state index in [0.717, 1.165) is 5.56 Å². The summed E-state index contributed by atoms with van der Waals surface area (Å²) in [6, 6.07) is 5.30. The van der Waals surface area contributed by atoms with Crippen LogP contribution in [0.3, 0.4) is 0 Å². The fourth-order valence-electron chi connectivity index (χ4n) is 6.21. The summed E-state index contributed by atoms with van der Waals surface area (Å²) in [5.41, 5.74) is 23.0. The first-order chi connectivity index (χ1) is 25.2.